The van der Waals surface area contributed by atoms with Gasteiger partial charge in [-0.25, -0.2) is 9.37 Å². The Balaban J connectivity index is 2.24. The van der Waals surface area contributed by atoms with Gasteiger partial charge in [0.2, 0.25) is 0 Å². The van der Waals surface area contributed by atoms with E-state index in [-0.39, 0.29) is 12.1 Å². The summed E-state index contributed by atoms with van der Waals surface area (Å²) in [5.41, 5.74) is -0.525. The molecule has 2 nitrogen and oxygen atoms in total. The molecule has 6 heteroatoms. The summed E-state index contributed by atoms with van der Waals surface area (Å²) in [5, 5.41) is 0. The molecule has 0 saturated heterocycles. The minimum atomic E-state index is -4.40. The summed E-state index contributed by atoms with van der Waals surface area (Å²) in [7, 11) is 1.60. The van der Waals surface area contributed by atoms with Crippen LogP contribution in [-0.2, 0) is 12.7 Å². The molecule has 0 bridgehead atoms. The number of halogens is 4. The molecule has 1 heterocycles. The molecule has 0 aliphatic rings. The Morgan fingerprint density at radius 2 is 1.80 bits per heavy atom. The average Bonchev–Trinajstić information content (AvgIpc) is 2.38. The maximum absolute atomic E-state index is 12.9. The Morgan fingerprint density at radius 1 is 1.10 bits per heavy atom. The summed E-state index contributed by atoms with van der Waals surface area (Å²) in [6.45, 7) is 0.0360. The topological polar surface area (TPSA) is 16.1 Å². The number of aromatic nitrogens is 1. The van der Waals surface area contributed by atoms with Crippen LogP contribution in [0, 0.1) is 5.82 Å². The number of pyridine rings is 1. The zero-order valence-corrected chi connectivity index (χ0v) is 10.7. The van der Waals surface area contributed by atoms with Crippen molar-refractivity contribution in [3.05, 3.63) is 59.5 Å². The van der Waals surface area contributed by atoms with Crippen LogP contribution in [0.25, 0.3) is 0 Å². The fourth-order valence-corrected chi connectivity index (χ4v) is 1.87. The third-order valence-corrected chi connectivity index (χ3v) is 2.83. The number of hydrogen-bond acceptors (Lipinski definition) is 2. The first-order valence-electron chi connectivity index (χ1n) is 5.86. The summed E-state index contributed by atoms with van der Waals surface area (Å²) in [4.78, 5) is 5.37. The van der Waals surface area contributed by atoms with Gasteiger partial charge in [-0.2, -0.15) is 13.2 Å². The molecule has 1 aromatic carbocycles. The van der Waals surface area contributed by atoms with Crippen molar-refractivity contribution in [2.24, 2.45) is 0 Å². The number of alkyl halides is 3. The highest BCUT2D eigenvalue weighted by Gasteiger charge is 2.33. The van der Waals surface area contributed by atoms with E-state index in [2.05, 4.69) is 4.98 Å². The van der Waals surface area contributed by atoms with E-state index >= 15 is 0 Å². The molecule has 0 atom stereocenters. The standard InChI is InChI=1S/C14H12F4N2/c1-20(13-7-6-11(15)8-19-13)9-10-4-2-3-5-12(10)14(16,17)18/h2-8H,9H2,1H3. The van der Waals surface area contributed by atoms with Crippen LogP contribution in [0.4, 0.5) is 23.4 Å². The molecule has 0 saturated carbocycles. The van der Waals surface area contributed by atoms with E-state index in [1.54, 1.807) is 13.1 Å². The van der Waals surface area contributed by atoms with Crippen molar-refractivity contribution < 1.29 is 17.6 Å². The number of nitrogens with zero attached hydrogens (tertiary/aromatic N) is 2. The van der Waals surface area contributed by atoms with Crippen molar-refractivity contribution in [3.63, 3.8) is 0 Å². The minimum absolute atomic E-state index is 0.0360. The van der Waals surface area contributed by atoms with Crippen LogP contribution in [-0.4, -0.2) is 12.0 Å². The van der Waals surface area contributed by atoms with Gasteiger partial charge in [0.1, 0.15) is 11.6 Å². The lowest BCUT2D eigenvalue weighted by atomic mass is 10.1. The number of rotatable bonds is 3. The van der Waals surface area contributed by atoms with Gasteiger partial charge in [-0.3, -0.25) is 0 Å². The molecule has 0 aliphatic heterocycles. The van der Waals surface area contributed by atoms with Crippen molar-refractivity contribution in [2.45, 2.75) is 12.7 Å². The molecule has 0 amide bonds. The van der Waals surface area contributed by atoms with Gasteiger partial charge in [-0.1, -0.05) is 18.2 Å². The highest BCUT2D eigenvalue weighted by molar-refractivity contribution is 5.40. The quantitative estimate of drug-likeness (QED) is 0.795. The molecule has 2 rings (SSSR count). The summed E-state index contributed by atoms with van der Waals surface area (Å²) >= 11 is 0. The molecular weight excluding hydrogens is 272 g/mol. The van der Waals surface area contributed by atoms with Gasteiger partial charge in [-0.05, 0) is 23.8 Å². The second-order valence-corrected chi connectivity index (χ2v) is 4.35. The fourth-order valence-electron chi connectivity index (χ4n) is 1.87. The molecule has 0 unspecified atom stereocenters. The molecule has 0 fully saturated rings. The van der Waals surface area contributed by atoms with E-state index < -0.39 is 17.6 Å². The molecule has 0 spiro atoms. The van der Waals surface area contributed by atoms with E-state index in [1.807, 2.05) is 0 Å². The molecule has 2 aromatic rings. The Morgan fingerprint density at radius 3 is 2.40 bits per heavy atom. The molecule has 106 valence electrons. The van der Waals surface area contributed by atoms with Crippen LogP contribution >= 0.6 is 0 Å². The summed E-state index contributed by atoms with van der Waals surface area (Å²) in [6.07, 6.45) is -3.37. The molecule has 0 N–H and O–H groups in total. The number of anilines is 1. The van der Waals surface area contributed by atoms with E-state index in [9.17, 15) is 17.6 Å². The Bertz CT molecular complexity index is 578. The van der Waals surface area contributed by atoms with Gasteiger partial charge in [0.15, 0.2) is 0 Å². The van der Waals surface area contributed by atoms with Crippen LogP contribution in [0.3, 0.4) is 0 Å². The van der Waals surface area contributed by atoms with E-state index in [1.165, 1.54) is 29.2 Å². The Hall–Kier alpha value is -2.11. The van der Waals surface area contributed by atoms with Gasteiger partial charge in [0.25, 0.3) is 0 Å². The minimum Gasteiger partial charge on any atom is -0.355 e. The van der Waals surface area contributed by atoms with Crippen LogP contribution in [0.1, 0.15) is 11.1 Å². The third kappa shape index (κ3) is 3.26. The molecular formula is C14H12F4N2. The van der Waals surface area contributed by atoms with Crippen LogP contribution < -0.4 is 4.90 Å². The molecule has 1 aromatic heterocycles. The smallest absolute Gasteiger partial charge is 0.355 e. The van der Waals surface area contributed by atoms with Crippen molar-refractivity contribution in [1.82, 2.24) is 4.98 Å². The lowest BCUT2D eigenvalue weighted by molar-refractivity contribution is -0.138. The molecule has 0 aliphatic carbocycles. The maximum Gasteiger partial charge on any atom is 0.416 e. The monoisotopic (exact) mass is 284 g/mol. The predicted octanol–water partition coefficient (Wildman–Crippen LogP) is 3.88. The highest BCUT2D eigenvalue weighted by atomic mass is 19.4. The molecule has 0 radical (unpaired) electrons. The SMILES string of the molecule is CN(Cc1ccccc1C(F)(F)F)c1ccc(F)cn1. The van der Waals surface area contributed by atoms with Gasteiger partial charge in [0.05, 0.1) is 11.8 Å². The fraction of sp³-hybridized carbons (Fsp3) is 0.214. The zero-order chi connectivity index (χ0) is 14.8. The highest BCUT2D eigenvalue weighted by Crippen LogP contribution is 2.32. The molecule has 20 heavy (non-hydrogen) atoms. The Kier molecular flexibility index (Phi) is 3.92. The summed E-state index contributed by atoms with van der Waals surface area (Å²) in [6, 6.07) is 8.00. The van der Waals surface area contributed by atoms with Gasteiger partial charge in [-0.15, -0.1) is 0 Å². The second-order valence-electron chi connectivity index (χ2n) is 4.35. The third-order valence-electron chi connectivity index (χ3n) is 2.83. The average molecular weight is 284 g/mol. The largest absolute Gasteiger partial charge is 0.416 e. The first kappa shape index (κ1) is 14.3. The van der Waals surface area contributed by atoms with Crippen molar-refractivity contribution in [1.29, 1.82) is 0 Å². The van der Waals surface area contributed by atoms with E-state index in [0.717, 1.165) is 12.3 Å². The first-order valence-corrected chi connectivity index (χ1v) is 5.86. The zero-order valence-electron chi connectivity index (χ0n) is 10.7. The van der Waals surface area contributed by atoms with Crippen LogP contribution in [0.15, 0.2) is 42.6 Å². The number of benzene rings is 1. The van der Waals surface area contributed by atoms with Crippen molar-refractivity contribution in [2.75, 3.05) is 11.9 Å². The maximum atomic E-state index is 12.9. The van der Waals surface area contributed by atoms with Crippen molar-refractivity contribution in [3.8, 4) is 0 Å². The normalized spacial score (nSPS) is 11.4. The lowest BCUT2D eigenvalue weighted by Crippen LogP contribution is -2.20. The Labute approximate surface area is 113 Å². The van der Waals surface area contributed by atoms with Gasteiger partial charge < -0.3 is 4.90 Å². The lowest BCUT2D eigenvalue weighted by Gasteiger charge is -2.20. The second kappa shape index (κ2) is 5.48. The predicted molar refractivity (Wildman–Crippen MR) is 67.7 cm³/mol. The first-order chi connectivity index (χ1) is 9.38. The number of hydrogen-bond donors (Lipinski definition) is 0. The van der Waals surface area contributed by atoms with E-state index in [0.29, 0.717) is 5.82 Å². The van der Waals surface area contributed by atoms with Gasteiger partial charge >= 0.3 is 6.18 Å². The summed E-state index contributed by atoms with van der Waals surface area (Å²) in [5.74, 6) is -0.0822. The van der Waals surface area contributed by atoms with Crippen molar-refractivity contribution >= 4 is 5.82 Å². The summed E-state index contributed by atoms with van der Waals surface area (Å²) < 4.78 is 51.4. The van der Waals surface area contributed by atoms with E-state index in [4.69, 9.17) is 0 Å². The van der Waals surface area contributed by atoms with Gasteiger partial charge in [0, 0.05) is 13.6 Å². The van der Waals surface area contributed by atoms with Crippen LogP contribution in [0.2, 0.25) is 0 Å². The van der Waals surface area contributed by atoms with Crippen LogP contribution in [0.5, 0.6) is 0 Å².